The predicted octanol–water partition coefficient (Wildman–Crippen LogP) is 26.9. The molecule has 0 radical (unpaired) electrons. The molecule has 0 saturated heterocycles. The molecule has 0 aromatic heterocycles. The van der Waals surface area contributed by atoms with E-state index in [1.807, 2.05) is 12.1 Å². The van der Waals surface area contributed by atoms with Gasteiger partial charge in [-0.1, -0.05) is 304 Å². The van der Waals surface area contributed by atoms with Crippen LogP contribution in [0.15, 0.2) is 340 Å². The van der Waals surface area contributed by atoms with Gasteiger partial charge in [-0.2, -0.15) is 0 Å². The van der Waals surface area contributed by atoms with Gasteiger partial charge in [0.2, 0.25) is 0 Å². The van der Waals surface area contributed by atoms with Gasteiger partial charge in [0.05, 0.1) is 0 Å². The minimum atomic E-state index is 0.0286. The number of hydrogen-bond acceptors (Lipinski definition) is 4. The number of para-hydroxylation sites is 1. The van der Waals surface area contributed by atoms with Gasteiger partial charge in [-0.05, 0) is 207 Å². The van der Waals surface area contributed by atoms with Crippen LogP contribution in [0.2, 0.25) is 0 Å². The molecule has 4 nitrogen and oxygen atoms in total. The summed E-state index contributed by atoms with van der Waals surface area (Å²) in [4.78, 5) is 0. The molecule has 4 aliphatic carbocycles. The second-order valence-electron chi connectivity index (χ2n) is 29.6. The Hall–Kier alpha value is -12.0. The summed E-state index contributed by atoms with van der Waals surface area (Å²) in [5.74, 6) is 0. The first-order valence-electron chi connectivity index (χ1n) is 35.8. The summed E-state index contributed by atoms with van der Waals surface area (Å²) in [5, 5.41) is 19.3. The molecule has 0 bridgehead atoms. The predicted molar refractivity (Wildman–Crippen MR) is 435 cm³/mol. The van der Waals surface area contributed by atoms with Crippen LogP contribution < -0.4 is 21.3 Å². The lowest BCUT2D eigenvalue weighted by Crippen LogP contribution is -2.15. The number of hydrogen-bond donors (Lipinski definition) is 4. The van der Waals surface area contributed by atoms with Gasteiger partial charge in [0.1, 0.15) is 0 Å². The molecule has 0 unspecified atom stereocenters. The van der Waals surface area contributed by atoms with Crippen LogP contribution in [0.4, 0.5) is 45.5 Å². The number of fused-ring (bicyclic) bond motifs is 14. The molecular weight excluding hydrogens is 1230 g/mol. The highest BCUT2D eigenvalue weighted by molar-refractivity contribution is 5.96. The fourth-order valence-electron chi connectivity index (χ4n) is 16.3. The summed E-state index contributed by atoms with van der Waals surface area (Å²) in [7, 11) is 0. The molecule has 0 fully saturated rings. The SMILES string of the molecule is CC1(C)c2ccccc2-c2ccc(Nc3ccc(-c4ccccc4)cc3)cc21.CC1(C)c2ccccc2-c2ccc(Nc3ccc4ccccc4c3)cc21.CC1(C)c2ccccc2-c2ccc(Nc3cccc4ccccc34)cc21.CC1(C)c2ccccc2-c2ccc(Nc3ccccc3)cc21. The van der Waals surface area contributed by atoms with E-state index in [1.54, 1.807) is 0 Å². The minimum Gasteiger partial charge on any atom is -0.356 e. The lowest BCUT2D eigenvalue weighted by atomic mass is 9.82. The van der Waals surface area contributed by atoms with Crippen molar-refractivity contribution in [2.24, 2.45) is 0 Å². The maximum Gasteiger partial charge on any atom is 0.0463 e. The summed E-state index contributed by atoms with van der Waals surface area (Å²) in [6.45, 7) is 18.5. The van der Waals surface area contributed by atoms with Gasteiger partial charge in [0.15, 0.2) is 0 Å². The maximum atomic E-state index is 3.64. The topological polar surface area (TPSA) is 48.1 Å². The van der Waals surface area contributed by atoms with E-state index < -0.39 is 0 Å². The van der Waals surface area contributed by atoms with Gasteiger partial charge >= 0.3 is 0 Å². The second-order valence-corrected chi connectivity index (χ2v) is 29.6. The maximum absolute atomic E-state index is 3.64. The van der Waals surface area contributed by atoms with Crippen LogP contribution in [0.1, 0.15) is 99.9 Å². The van der Waals surface area contributed by atoms with Crippen molar-refractivity contribution in [3.8, 4) is 55.6 Å². The highest BCUT2D eigenvalue weighted by atomic mass is 14.9. The fraction of sp³-hybridized carbons (Fsp3) is 0.122. The number of anilines is 8. The Morgan fingerprint density at radius 1 is 0.176 bits per heavy atom. The van der Waals surface area contributed by atoms with Gasteiger partial charge in [-0.3, -0.25) is 0 Å². The average Bonchev–Trinajstić information content (AvgIpc) is 1.61. The Morgan fingerprint density at radius 3 is 0.922 bits per heavy atom. The van der Waals surface area contributed by atoms with Gasteiger partial charge < -0.3 is 21.3 Å². The van der Waals surface area contributed by atoms with Crippen molar-refractivity contribution < 1.29 is 0 Å². The van der Waals surface area contributed by atoms with Gasteiger partial charge in [0.25, 0.3) is 0 Å². The highest BCUT2D eigenvalue weighted by Gasteiger charge is 2.39. The standard InChI is InChI=1S/C27H23N.2C25H21N.C21H19N/c1-27(2)25-11-7-6-10-23(25)24-17-16-22(18-26(24)27)28-21-14-12-20(13-15-21)19-8-4-3-5-9-19;1-25(2)22-12-6-5-11-20(22)21-15-14-18(16-23(21)25)26-24-13-7-9-17-8-3-4-10-19(17)24;1-25(2)23-10-6-5-9-21(23)22-14-13-20(16-24(22)25)26-19-12-11-17-7-3-4-8-18(17)15-19;1-21(2)19-11-7-6-10-17(19)18-13-12-16(14-20(18)21)22-15-8-4-3-5-9-15/h3-18,28H,1-2H3;2*3-16,26H,1-2H3;3-14,22H,1-2H3. The van der Waals surface area contributed by atoms with Gasteiger partial charge in [-0.15, -0.1) is 0 Å². The van der Waals surface area contributed by atoms with Crippen molar-refractivity contribution in [1.29, 1.82) is 0 Å². The third-order valence-corrected chi connectivity index (χ3v) is 21.8. The lowest BCUT2D eigenvalue weighted by molar-refractivity contribution is 0.660. The molecule has 0 spiro atoms. The van der Waals surface area contributed by atoms with E-state index in [0.717, 1.165) is 45.5 Å². The second kappa shape index (κ2) is 26.3. The van der Waals surface area contributed by atoms with E-state index in [1.165, 1.54) is 122 Å². The van der Waals surface area contributed by atoms with Gasteiger partial charge in [-0.25, -0.2) is 0 Å². The molecule has 15 aromatic carbocycles. The van der Waals surface area contributed by atoms with Gasteiger partial charge in [0, 0.05) is 72.5 Å². The van der Waals surface area contributed by atoms with Crippen LogP contribution >= 0.6 is 0 Å². The van der Waals surface area contributed by atoms with Crippen LogP contribution in [0.25, 0.3) is 77.2 Å². The molecule has 0 aliphatic heterocycles. The van der Waals surface area contributed by atoms with Crippen molar-refractivity contribution in [2.45, 2.75) is 77.0 Å². The Kier molecular flexibility index (Phi) is 16.7. The first-order valence-corrected chi connectivity index (χ1v) is 35.8. The zero-order chi connectivity index (χ0) is 69.7. The van der Waals surface area contributed by atoms with E-state index in [2.05, 4.69) is 404 Å². The first-order chi connectivity index (χ1) is 49.6. The fourth-order valence-corrected chi connectivity index (χ4v) is 16.3. The van der Waals surface area contributed by atoms with E-state index >= 15 is 0 Å². The zero-order valence-corrected chi connectivity index (χ0v) is 59.3. The molecule has 0 saturated carbocycles. The molecule has 19 rings (SSSR count). The summed E-state index contributed by atoms with van der Waals surface area (Å²) >= 11 is 0. The molecule has 4 aliphatic rings. The lowest BCUT2D eigenvalue weighted by Gasteiger charge is -2.22. The monoisotopic (exact) mass is 1320 g/mol. The molecule has 0 amide bonds. The molecule has 4 heteroatoms. The Morgan fingerprint density at radius 2 is 0.471 bits per heavy atom. The van der Waals surface area contributed by atoms with Crippen LogP contribution in [-0.4, -0.2) is 0 Å². The zero-order valence-electron chi connectivity index (χ0n) is 59.3. The van der Waals surface area contributed by atoms with Crippen molar-refractivity contribution in [1.82, 2.24) is 0 Å². The van der Waals surface area contributed by atoms with Crippen LogP contribution in [0.5, 0.6) is 0 Å². The van der Waals surface area contributed by atoms with Crippen molar-refractivity contribution in [3.05, 3.63) is 384 Å². The van der Waals surface area contributed by atoms with E-state index in [9.17, 15) is 0 Å². The van der Waals surface area contributed by atoms with Crippen molar-refractivity contribution in [2.75, 3.05) is 21.3 Å². The Labute approximate surface area is 601 Å². The molecule has 496 valence electrons. The Balaban J connectivity index is 0.000000106. The van der Waals surface area contributed by atoms with E-state index in [-0.39, 0.29) is 21.7 Å². The third kappa shape index (κ3) is 12.1. The largest absolute Gasteiger partial charge is 0.356 e. The average molecular weight is 1320 g/mol. The third-order valence-electron chi connectivity index (χ3n) is 21.8. The van der Waals surface area contributed by atoms with Crippen LogP contribution in [0.3, 0.4) is 0 Å². The molecule has 0 heterocycles. The number of nitrogens with one attached hydrogen (secondary N) is 4. The quantitative estimate of drug-likeness (QED) is 0.116. The summed E-state index contributed by atoms with van der Waals surface area (Å²) in [6, 6.07) is 121. The molecule has 0 atom stereocenters. The summed E-state index contributed by atoms with van der Waals surface area (Å²) in [6.07, 6.45) is 0. The molecule has 15 aromatic rings. The summed E-state index contributed by atoms with van der Waals surface area (Å²) in [5.41, 5.74) is 33.8. The summed E-state index contributed by atoms with van der Waals surface area (Å²) < 4.78 is 0. The highest BCUT2D eigenvalue weighted by Crippen LogP contribution is 2.53. The van der Waals surface area contributed by atoms with E-state index in [4.69, 9.17) is 0 Å². The van der Waals surface area contributed by atoms with Crippen molar-refractivity contribution in [3.63, 3.8) is 0 Å². The van der Waals surface area contributed by atoms with Crippen LogP contribution in [0, 0.1) is 0 Å². The molecular formula is C98H84N4. The molecule has 102 heavy (non-hydrogen) atoms. The van der Waals surface area contributed by atoms with Crippen LogP contribution in [-0.2, 0) is 21.7 Å². The molecule has 4 N–H and O–H groups in total. The number of rotatable bonds is 9. The number of benzene rings is 15. The normalized spacial score (nSPS) is 14.0. The smallest absolute Gasteiger partial charge is 0.0463 e. The minimum absolute atomic E-state index is 0.0286. The first kappa shape index (κ1) is 64.7. The van der Waals surface area contributed by atoms with Crippen molar-refractivity contribution >= 4 is 67.0 Å². The Bertz CT molecular complexity index is 5630. The van der Waals surface area contributed by atoms with E-state index in [0.29, 0.717) is 0 Å².